The van der Waals surface area contributed by atoms with E-state index in [-0.39, 0.29) is 0 Å². The fraction of sp³-hybridized carbons (Fsp3) is 0.625. The topological polar surface area (TPSA) is 26.0 Å². The summed E-state index contributed by atoms with van der Waals surface area (Å²) in [7, 11) is 0. The summed E-state index contributed by atoms with van der Waals surface area (Å²) in [6.07, 6.45) is 6.53. The molecule has 2 aliphatic rings. The van der Waals surface area contributed by atoms with Crippen molar-refractivity contribution in [3.05, 3.63) is 35.4 Å². The van der Waals surface area contributed by atoms with Crippen LogP contribution in [0.1, 0.15) is 37.3 Å². The number of hydrogen-bond donors (Lipinski definition) is 1. The van der Waals surface area contributed by atoms with Gasteiger partial charge < -0.3 is 5.73 Å². The third kappa shape index (κ3) is 2.13. The normalized spacial score (nSPS) is 32.2. The Morgan fingerprint density at radius 3 is 2.29 bits per heavy atom. The molecule has 1 aromatic rings. The van der Waals surface area contributed by atoms with Gasteiger partial charge in [0.25, 0.3) is 0 Å². The summed E-state index contributed by atoms with van der Waals surface area (Å²) < 4.78 is 0. The smallest absolute Gasteiger partial charge is 0.0113 e. The molecule has 17 heavy (non-hydrogen) atoms. The zero-order valence-corrected chi connectivity index (χ0v) is 10.7. The zero-order chi connectivity index (χ0) is 11.8. The van der Waals surface area contributed by atoms with Crippen LogP contribution in [-0.4, -0.2) is 6.04 Å². The molecule has 1 heteroatoms. The van der Waals surface area contributed by atoms with Crippen LogP contribution in [0.15, 0.2) is 24.3 Å². The Kier molecular flexibility index (Phi) is 2.96. The summed E-state index contributed by atoms with van der Waals surface area (Å²) in [6.45, 7) is 2.20. The molecular weight excluding hydrogens is 206 g/mol. The van der Waals surface area contributed by atoms with E-state index in [0.29, 0.717) is 6.04 Å². The molecule has 0 bridgehead atoms. The third-order valence-electron chi connectivity index (χ3n) is 4.87. The lowest BCUT2D eigenvalue weighted by molar-refractivity contribution is 0.484. The minimum absolute atomic E-state index is 0.401. The second-order valence-corrected chi connectivity index (χ2v) is 5.87. The van der Waals surface area contributed by atoms with Crippen LogP contribution < -0.4 is 5.73 Å². The van der Waals surface area contributed by atoms with Gasteiger partial charge in [0.1, 0.15) is 0 Å². The van der Waals surface area contributed by atoms with Crippen LogP contribution in [-0.2, 0) is 12.8 Å². The van der Waals surface area contributed by atoms with Crippen molar-refractivity contribution in [2.75, 3.05) is 0 Å². The maximum atomic E-state index is 6.37. The third-order valence-corrected chi connectivity index (χ3v) is 4.87. The molecule has 3 atom stereocenters. The van der Waals surface area contributed by atoms with E-state index in [1.54, 1.807) is 0 Å². The van der Waals surface area contributed by atoms with E-state index in [0.717, 1.165) is 30.6 Å². The van der Waals surface area contributed by atoms with Gasteiger partial charge in [0.05, 0.1) is 0 Å². The van der Waals surface area contributed by atoms with Gasteiger partial charge in [0.2, 0.25) is 0 Å². The highest BCUT2D eigenvalue weighted by molar-refractivity contribution is 5.24. The first-order chi connectivity index (χ1) is 8.29. The van der Waals surface area contributed by atoms with E-state index in [2.05, 4.69) is 31.2 Å². The molecule has 0 amide bonds. The number of benzene rings is 1. The Labute approximate surface area is 104 Å². The first kappa shape index (κ1) is 11.3. The van der Waals surface area contributed by atoms with Crippen LogP contribution in [0.2, 0.25) is 0 Å². The summed E-state index contributed by atoms with van der Waals surface area (Å²) in [6, 6.07) is 9.41. The number of hydrogen-bond acceptors (Lipinski definition) is 1. The molecule has 0 radical (unpaired) electrons. The fourth-order valence-corrected chi connectivity index (χ4v) is 3.83. The largest absolute Gasteiger partial charge is 0.327 e. The quantitative estimate of drug-likeness (QED) is 0.843. The lowest BCUT2D eigenvalue weighted by atomic mass is 9.97. The highest BCUT2D eigenvalue weighted by Gasteiger charge is 2.54. The Morgan fingerprint density at radius 2 is 1.71 bits per heavy atom. The summed E-state index contributed by atoms with van der Waals surface area (Å²) in [5.74, 6) is 2.81. The Hall–Kier alpha value is -0.820. The highest BCUT2D eigenvalue weighted by atomic mass is 14.7. The maximum absolute atomic E-state index is 6.37. The van der Waals surface area contributed by atoms with Crippen molar-refractivity contribution < 1.29 is 0 Å². The molecule has 0 saturated heterocycles. The second kappa shape index (κ2) is 4.45. The van der Waals surface area contributed by atoms with Crippen molar-refractivity contribution in [1.29, 1.82) is 0 Å². The summed E-state index contributed by atoms with van der Waals surface area (Å²) in [5, 5.41) is 0. The van der Waals surface area contributed by atoms with Crippen LogP contribution in [0.4, 0.5) is 0 Å². The van der Waals surface area contributed by atoms with E-state index in [4.69, 9.17) is 5.73 Å². The molecule has 2 fully saturated rings. The SMILES string of the molecule is CCc1ccc(CC(N)C2C3CCCC32)cc1. The maximum Gasteiger partial charge on any atom is 0.0113 e. The molecule has 2 N–H and O–H groups in total. The van der Waals surface area contributed by atoms with Gasteiger partial charge in [0, 0.05) is 6.04 Å². The standard InChI is InChI=1S/C16H23N/c1-2-11-6-8-12(9-7-11)10-15(17)16-13-4-3-5-14(13)16/h6-9,13-16H,2-5,10,17H2,1H3. The van der Waals surface area contributed by atoms with Crippen molar-refractivity contribution in [2.45, 2.75) is 45.1 Å². The van der Waals surface area contributed by atoms with Crippen LogP contribution in [0, 0.1) is 17.8 Å². The van der Waals surface area contributed by atoms with Crippen LogP contribution in [0.3, 0.4) is 0 Å². The number of nitrogens with two attached hydrogens (primary N) is 1. The first-order valence-corrected chi connectivity index (χ1v) is 7.13. The van der Waals surface area contributed by atoms with E-state index in [1.807, 2.05) is 0 Å². The van der Waals surface area contributed by atoms with Gasteiger partial charge in [-0.15, -0.1) is 0 Å². The Morgan fingerprint density at radius 1 is 1.12 bits per heavy atom. The molecule has 92 valence electrons. The molecule has 0 spiro atoms. The predicted molar refractivity (Wildman–Crippen MR) is 71.8 cm³/mol. The van der Waals surface area contributed by atoms with Crippen LogP contribution >= 0.6 is 0 Å². The van der Waals surface area contributed by atoms with Gasteiger partial charge in [-0.3, -0.25) is 0 Å². The molecule has 0 aromatic heterocycles. The summed E-state index contributed by atoms with van der Waals surface area (Å²) in [4.78, 5) is 0. The predicted octanol–water partition coefficient (Wildman–Crippen LogP) is 3.16. The number of fused-ring (bicyclic) bond motifs is 1. The first-order valence-electron chi connectivity index (χ1n) is 7.13. The monoisotopic (exact) mass is 229 g/mol. The number of aryl methyl sites for hydroxylation is 1. The van der Waals surface area contributed by atoms with Crippen molar-refractivity contribution >= 4 is 0 Å². The Balaban J connectivity index is 1.59. The molecule has 2 saturated carbocycles. The highest BCUT2D eigenvalue weighted by Crippen LogP contribution is 2.58. The molecule has 2 aliphatic carbocycles. The number of rotatable bonds is 4. The summed E-state index contributed by atoms with van der Waals surface area (Å²) >= 11 is 0. The lowest BCUT2D eigenvalue weighted by Crippen LogP contribution is -2.27. The van der Waals surface area contributed by atoms with Crippen molar-refractivity contribution in [3.63, 3.8) is 0 Å². The molecule has 0 aliphatic heterocycles. The molecule has 1 nitrogen and oxygen atoms in total. The van der Waals surface area contributed by atoms with Gasteiger partial charge in [-0.1, -0.05) is 37.6 Å². The molecule has 0 heterocycles. The Bertz CT molecular complexity index is 371. The van der Waals surface area contributed by atoms with Crippen LogP contribution in [0.25, 0.3) is 0 Å². The van der Waals surface area contributed by atoms with E-state index in [9.17, 15) is 0 Å². The van der Waals surface area contributed by atoms with Gasteiger partial charge in [0.15, 0.2) is 0 Å². The van der Waals surface area contributed by atoms with Gasteiger partial charge in [-0.25, -0.2) is 0 Å². The average Bonchev–Trinajstić information content (AvgIpc) is 2.85. The van der Waals surface area contributed by atoms with E-state index in [1.165, 1.54) is 30.4 Å². The molecule has 3 unspecified atom stereocenters. The minimum atomic E-state index is 0.401. The van der Waals surface area contributed by atoms with Gasteiger partial charge in [-0.05, 0) is 54.6 Å². The lowest BCUT2D eigenvalue weighted by Gasteiger charge is -2.14. The van der Waals surface area contributed by atoms with Crippen molar-refractivity contribution in [1.82, 2.24) is 0 Å². The van der Waals surface area contributed by atoms with Crippen molar-refractivity contribution in [2.24, 2.45) is 23.5 Å². The summed E-state index contributed by atoms with van der Waals surface area (Å²) in [5.41, 5.74) is 9.21. The van der Waals surface area contributed by atoms with Crippen LogP contribution in [0.5, 0.6) is 0 Å². The molecular formula is C16H23N. The zero-order valence-electron chi connectivity index (χ0n) is 10.7. The average molecular weight is 229 g/mol. The molecule has 1 aromatic carbocycles. The van der Waals surface area contributed by atoms with Gasteiger partial charge in [-0.2, -0.15) is 0 Å². The fourth-order valence-electron chi connectivity index (χ4n) is 3.83. The second-order valence-electron chi connectivity index (χ2n) is 5.87. The minimum Gasteiger partial charge on any atom is -0.327 e. The molecule has 3 rings (SSSR count). The van der Waals surface area contributed by atoms with Gasteiger partial charge >= 0.3 is 0 Å². The van der Waals surface area contributed by atoms with E-state index < -0.39 is 0 Å². The van der Waals surface area contributed by atoms with Crippen molar-refractivity contribution in [3.8, 4) is 0 Å². The van der Waals surface area contributed by atoms with E-state index >= 15 is 0 Å².